The molecule has 0 aromatic heterocycles. The minimum Gasteiger partial charge on any atom is -0.459 e. The summed E-state index contributed by atoms with van der Waals surface area (Å²) in [6.45, 7) is 4.73. The van der Waals surface area contributed by atoms with Gasteiger partial charge in [-0.25, -0.2) is 9.59 Å². The van der Waals surface area contributed by atoms with Crippen LogP contribution in [0.4, 0.5) is 4.79 Å². The standard InChI is InChI=1S/C15H19NO5/c1-11(2)14(18)20-9-13(17)10-21-15(19)16-8-12-6-4-3-5-7-12/h3-7,13,17H,1,8-10H2,2H3,(H,16,19). The van der Waals surface area contributed by atoms with E-state index in [0.29, 0.717) is 6.54 Å². The van der Waals surface area contributed by atoms with E-state index in [9.17, 15) is 14.7 Å². The molecule has 1 aromatic rings. The van der Waals surface area contributed by atoms with Gasteiger partial charge in [0.1, 0.15) is 19.3 Å². The van der Waals surface area contributed by atoms with Gasteiger partial charge in [0.25, 0.3) is 0 Å². The largest absolute Gasteiger partial charge is 0.459 e. The number of aliphatic hydroxyl groups is 1. The first-order chi connectivity index (χ1) is 9.99. The molecule has 6 nitrogen and oxygen atoms in total. The number of amides is 1. The summed E-state index contributed by atoms with van der Waals surface area (Å²) < 4.78 is 9.53. The van der Waals surface area contributed by atoms with Crippen molar-refractivity contribution in [3.05, 3.63) is 48.0 Å². The lowest BCUT2D eigenvalue weighted by molar-refractivity contribution is -0.142. The van der Waals surface area contributed by atoms with Crippen LogP contribution in [0.5, 0.6) is 0 Å². The molecule has 114 valence electrons. The van der Waals surface area contributed by atoms with Gasteiger partial charge in [0.05, 0.1) is 0 Å². The first-order valence-electron chi connectivity index (χ1n) is 6.44. The van der Waals surface area contributed by atoms with E-state index in [0.717, 1.165) is 5.56 Å². The molecule has 0 aliphatic heterocycles. The van der Waals surface area contributed by atoms with Gasteiger partial charge in [0.2, 0.25) is 0 Å². The number of hydrogen-bond acceptors (Lipinski definition) is 5. The van der Waals surface area contributed by atoms with Crippen molar-refractivity contribution in [3.8, 4) is 0 Å². The number of aliphatic hydroxyl groups excluding tert-OH is 1. The Hall–Kier alpha value is -2.34. The van der Waals surface area contributed by atoms with Crippen LogP contribution in [0.3, 0.4) is 0 Å². The molecule has 0 bridgehead atoms. The molecular weight excluding hydrogens is 274 g/mol. The van der Waals surface area contributed by atoms with Gasteiger partial charge in [0.15, 0.2) is 0 Å². The first kappa shape index (κ1) is 16.7. The van der Waals surface area contributed by atoms with Crippen LogP contribution < -0.4 is 5.32 Å². The molecule has 0 radical (unpaired) electrons. The first-order valence-corrected chi connectivity index (χ1v) is 6.44. The minimum atomic E-state index is -1.07. The second-order valence-electron chi connectivity index (χ2n) is 4.47. The van der Waals surface area contributed by atoms with Crippen molar-refractivity contribution < 1.29 is 24.2 Å². The van der Waals surface area contributed by atoms with Crippen LogP contribution in [0.1, 0.15) is 12.5 Å². The number of rotatable bonds is 7. The summed E-state index contributed by atoms with van der Waals surface area (Å²) in [6.07, 6.45) is -1.72. The molecule has 1 aromatic carbocycles. The number of hydrogen-bond donors (Lipinski definition) is 2. The molecule has 0 aliphatic rings. The fraction of sp³-hybridized carbons (Fsp3) is 0.333. The molecule has 21 heavy (non-hydrogen) atoms. The highest BCUT2D eigenvalue weighted by molar-refractivity contribution is 5.86. The molecule has 6 heteroatoms. The Labute approximate surface area is 123 Å². The van der Waals surface area contributed by atoms with Crippen LogP contribution >= 0.6 is 0 Å². The maximum Gasteiger partial charge on any atom is 0.407 e. The number of ether oxygens (including phenoxy) is 2. The Morgan fingerprint density at radius 3 is 2.48 bits per heavy atom. The fourth-order valence-corrected chi connectivity index (χ4v) is 1.34. The summed E-state index contributed by atoms with van der Waals surface area (Å²) in [6, 6.07) is 9.34. The highest BCUT2D eigenvalue weighted by Crippen LogP contribution is 1.98. The summed E-state index contributed by atoms with van der Waals surface area (Å²) in [4.78, 5) is 22.5. The Morgan fingerprint density at radius 1 is 1.24 bits per heavy atom. The summed E-state index contributed by atoms with van der Waals surface area (Å²) in [5, 5.41) is 12.0. The van der Waals surface area contributed by atoms with Crippen molar-refractivity contribution in [2.45, 2.75) is 19.6 Å². The second kappa shape index (κ2) is 8.76. The molecule has 1 rings (SSSR count). The molecule has 1 amide bonds. The Balaban J connectivity index is 2.17. The highest BCUT2D eigenvalue weighted by Gasteiger charge is 2.12. The molecule has 0 heterocycles. The number of benzene rings is 1. The summed E-state index contributed by atoms with van der Waals surface area (Å²) >= 11 is 0. The quantitative estimate of drug-likeness (QED) is 0.586. The van der Waals surface area contributed by atoms with E-state index >= 15 is 0 Å². The summed E-state index contributed by atoms with van der Waals surface area (Å²) in [5.74, 6) is -0.595. The third-order valence-corrected chi connectivity index (χ3v) is 2.44. The second-order valence-corrected chi connectivity index (χ2v) is 4.47. The Bertz CT molecular complexity index is 486. The van der Waals surface area contributed by atoms with Crippen molar-refractivity contribution in [2.75, 3.05) is 13.2 Å². The molecule has 1 unspecified atom stereocenters. The molecule has 0 saturated carbocycles. The molecule has 0 spiro atoms. The van der Waals surface area contributed by atoms with Crippen molar-refractivity contribution in [3.63, 3.8) is 0 Å². The monoisotopic (exact) mass is 293 g/mol. The maximum atomic E-state index is 11.4. The molecule has 0 aliphatic carbocycles. The van der Waals surface area contributed by atoms with Crippen molar-refractivity contribution in [1.29, 1.82) is 0 Å². The lowest BCUT2D eigenvalue weighted by Gasteiger charge is -2.12. The van der Waals surface area contributed by atoms with Crippen LogP contribution in [0.25, 0.3) is 0 Å². The van der Waals surface area contributed by atoms with Crippen LogP contribution in [-0.4, -0.2) is 36.5 Å². The van der Waals surface area contributed by atoms with E-state index in [1.807, 2.05) is 30.3 Å². The zero-order valence-corrected chi connectivity index (χ0v) is 11.9. The van der Waals surface area contributed by atoms with E-state index in [2.05, 4.69) is 11.9 Å². The highest BCUT2D eigenvalue weighted by atomic mass is 16.6. The number of alkyl carbamates (subject to hydrolysis) is 1. The van der Waals surface area contributed by atoms with Crippen LogP contribution in [0.15, 0.2) is 42.5 Å². The number of carbonyl (C=O) groups is 2. The van der Waals surface area contributed by atoms with E-state index < -0.39 is 18.2 Å². The summed E-state index contributed by atoms with van der Waals surface area (Å²) in [5.41, 5.74) is 1.18. The van der Waals surface area contributed by atoms with E-state index in [1.54, 1.807) is 0 Å². The van der Waals surface area contributed by atoms with Gasteiger partial charge in [-0.15, -0.1) is 0 Å². The predicted molar refractivity (Wildman–Crippen MR) is 76.4 cm³/mol. The zero-order chi connectivity index (χ0) is 15.7. The lowest BCUT2D eigenvalue weighted by atomic mass is 10.2. The SMILES string of the molecule is C=C(C)C(=O)OCC(O)COC(=O)NCc1ccccc1. The predicted octanol–water partition coefficient (Wildman–Crippen LogP) is 1.39. The minimum absolute atomic E-state index is 0.240. The third-order valence-electron chi connectivity index (χ3n) is 2.44. The fourth-order valence-electron chi connectivity index (χ4n) is 1.34. The molecule has 2 N–H and O–H groups in total. The van der Waals surface area contributed by atoms with Crippen LogP contribution in [-0.2, 0) is 20.8 Å². The molecule has 1 atom stereocenters. The van der Waals surface area contributed by atoms with E-state index in [4.69, 9.17) is 9.47 Å². The average Bonchev–Trinajstić information content (AvgIpc) is 2.49. The topological polar surface area (TPSA) is 84.9 Å². The van der Waals surface area contributed by atoms with Gasteiger partial charge in [-0.05, 0) is 12.5 Å². The smallest absolute Gasteiger partial charge is 0.407 e. The summed E-state index contributed by atoms with van der Waals surface area (Å²) in [7, 11) is 0. The van der Waals surface area contributed by atoms with Crippen LogP contribution in [0.2, 0.25) is 0 Å². The molecule has 0 fully saturated rings. The number of nitrogens with one attached hydrogen (secondary N) is 1. The maximum absolute atomic E-state index is 11.4. The Kier molecular flexibility index (Phi) is 6.97. The molecule has 0 saturated heterocycles. The van der Waals surface area contributed by atoms with Crippen molar-refractivity contribution >= 4 is 12.1 Å². The molecular formula is C15H19NO5. The van der Waals surface area contributed by atoms with Crippen molar-refractivity contribution in [1.82, 2.24) is 5.32 Å². The average molecular weight is 293 g/mol. The van der Waals surface area contributed by atoms with Gasteiger partial charge < -0.3 is 19.9 Å². The van der Waals surface area contributed by atoms with E-state index in [-0.39, 0.29) is 18.8 Å². The van der Waals surface area contributed by atoms with Gasteiger partial charge in [-0.1, -0.05) is 36.9 Å². The van der Waals surface area contributed by atoms with Gasteiger partial charge in [-0.2, -0.15) is 0 Å². The van der Waals surface area contributed by atoms with Gasteiger partial charge in [0, 0.05) is 12.1 Å². The van der Waals surface area contributed by atoms with Crippen molar-refractivity contribution in [2.24, 2.45) is 0 Å². The van der Waals surface area contributed by atoms with Crippen LogP contribution in [0, 0.1) is 0 Å². The zero-order valence-electron chi connectivity index (χ0n) is 11.9. The number of carbonyl (C=O) groups excluding carboxylic acids is 2. The lowest BCUT2D eigenvalue weighted by Crippen LogP contribution is -2.30. The van der Waals surface area contributed by atoms with Gasteiger partial charge in [-0.3, -0.25) is 0 Å². The Morgan fingerprint density at radius 2 is 1.86 bits per heavy atom. The number of esters is 1. The van der Waals surface area contributed by atoms with E-state index in [1.165, 1.54) is 6.92 Å². The van der Waals surface area contributed by atoms with Gasteiger partial charge >= 0.3 is 12.1 Å². The third kappa shape index (κ3) is 7.12. The normalized spacial score (nSPS) is 11.3.